The number of thioether (sulfide) groups is 1. The van der Waals surface area contributed by atoms with Gasteiger partial charge in [0.1, 0.15) is 0 Å². The number of hydrogen-bond donors (Lipinski definition) is 1. The van der Waals surface area contributed by atoms with Crippen LogP contribution in [0.5, 0.6) is 0 Å². The van der Waals surface area contributed by atoms with Gasteiger partial charge in [0.15, 0.2) is 0 Å². The summed E-state index contributed by atoms with van der Waals surface area (Å²) < 4.78 is 0. The number of carbonyl (C=O) groups excluding carboxylic acids is 1. The molecule has 16 heavy (non-hydrogen) atoms. The minimum Gasteiger partial charge on any atom is -0.351 e. The zero-order chi connectivity index (χ0) is 11.4. The van der Waals surface area contributed by atoms with Gasteiger partial charge in [0.25, 0.3) is 0 Å². The summed E-state index contributed by atoms with van der Waals surface area (Å²) in [6.45, 7) is 0. The summed E-state index contributed by atoms with van der Waals surface area (Å²) in [7, 11) is 0. The Kier molecular flexibility index (Phi) is 4.83. The second kappa shape index (κ2) is 6.15. The number of amides is 1. The average molecular weight is 262 g/mol. The van der Waals surface area contributed by atoms with Crippen LogP contribution in [-0.2, 0) is 4.79 Å². The highest BCUT2D eigenvalue weighted by Crippen LogP contribution is 2.27. The van der Waals surface area contributed by atoms with Gasteiger partial charge >= 0.3 is 0 Å². The van der Waals surface area contributed by atoms with Gasteiger partial charge < -0.3 is 5.32 Å². The van der Waals surface area contributed by atoms with Crippen LogP contribution in [0, 0.1) is 0 Å². The van der Waals surface area contributed by atoms with Crippen LogP contribution < -0.4 is 5.32 Å². The Balaban J connectivity index is 1.84. The molecule has 1 saturated heterocycles. The molecule has 0 aromatic heterocycles. The topological polar surface area (TPSA) is 29.1 Å². The van der Waals surface area contributed by atoms with Crippen molar-refractivity contribution in [2.24, 2.45) is 0 Å². The number of nitrogens with one attached hydrogen (secondary N) is 1. The van der Waals surface area contributed by atoms with Crippen LogP contribution in [0.2, 0.25) is 0 Å². The number of alkyl halides is 1. The minimum atomic E-state index is 0.137. The average Bonchev–Trinajstić information content (AvgIpc) is 2.73. The molecule has 2 fully saturated rings. The summed E-state index contributed by atoms with van der Waals surface area (Å²) in [4.78, 5) is 12.0. The second-order valence-corrected chi connectivity index (χ2v) is 6.64. The third-order valence-electron chi connectivity index (χ3n) is 3.48. The van der Waals surface area contributed by atoms with Crippen molar-refractivity contribution in [2.45, 2.75) is 61.6 Å². The van der Waals surface area contributed by atoms with Crippen molar-refractivity contribution < 1.29 is 4.79 Å². The lowest BCUT2D eigenvalue weighted by Gasteiger charge is -2.22. The van der Waals surface area contributed by atoms with Crippen molar-refractivity contribution in [3.8, 4) is 0 Å². The van der Waals surface area contributed by atoms with Crippen molar-refractivity contribution in [1.29, 1.82) is 0 Å². The Bertz CT molecular complexity index is 243. The third kappa shape index (κ3) is 3.30. The van der Waals surface area contributed by atoms with Crippen LogP contribution in [0.1, 0.15) is 44.9 Å². The van der Waals surface area contributed by atoms with Crippen LogP contribution in [0.15, 0.2) is 0 Å². The molecule has 4 heteroatoms. The lowest BCUT2D eigenvalue weighted by atomic mass is 10.1. The molecule has 2 rings (SSSR count). The first kappa shape index (κ1) is 12.6. The lowest BCUT2D eigenvalue weighted by molar-refractivity contribution is -0.121. The molecule has 0 aromatic rings. The van der Waals surface area contributed by atoms with Crippen molar-refractivity contribution in [1.82, 2.24) is 5.32 Å². The first-order chi connectivity index (χ1) is 7.77. The Morgan fingerprint density at radius 2 is 1.94 bits per heavy atom. The normalized spacial score (nSPS) is 35.7. The maximum Gasteiger partial charge on any atom is 0.233 e. The summed E-state index contributed by atoms with van der Waals surface area (Å²) in [5.41, 5.74) is 0. The standard InChI is InChI=1S/C12H20ClNOS/c13-9-5-2-1-3-6-10(9)14-12(15)11-7-4-8-16-11/h9-11H,1-8H2,(H,14,15). The Morgan fingerprint density at radius 3 is 2.69 bits per heavy atom. The van der Waals surface area contributed by atoms with Gasteiger partial charge in [-0.15, -0.1) is 23.4 Å². The summed E-state index contributed by atoms with van der Waals surface area (Å²) in [6, 6.07) is 0.206. The molecular weight excluding hydrogens is 242 g/mol. The van der Waals surface area contributed by atoms with Gasteiger partial charge in [-0.3, -0.25) is 4.79 Å². The highest BCUT2D eigenvalue weighted by molar-refractivity contribution is 8.00. The van der Waals surface area contributed by atoms with Crippen LogP contribution in [-0.4, -0.2) is 28.3 Å². The molecule has 1 saturated carbocycles. The quantitative estimate of drug-likeness (QED) is 0.612. The first-order valence-corrected chi connectivity index (χ1v) is 7.82. The number of carbonyl (C=O) groups is 1. The smallest absolute Gasteiger partial charge is 0.233 e. The molecule has 1 aliphatic carbocycles. The van der Waals surface area contributed by atoms with E-state index in [0.29, 0.717) is 0 Å². The van der Waals surface area contributed by atoms with Crippen molar-refractivity contribution in [3.63, 3.8) is 0 Å². The van der Waals surface area contributed by atoms with Gasteiger partial charge in [-0.25, -0.2) is 0 Å². The largest absolute Gasteiger partial charge is 0.351 e. The molecule has 1 heterocycles. The lowest BCUT2D eigenvalue weighted by Crippen LogP contribution is -2.43. The molecule has 92 valence electrons. The monoisotopic (exact) mass is 261 g/mol. The fourth-order valence-corrected chi connectivity index (χ4v) is 4.00. The molecule has 1 N–H and O–H groups in total. The summed E-state index contributed by atoms with van der Waals surface area (Å²) >= 11 is 8.11. The zero-order valence-electron chi connectivity index (χ0n) is 9.58. The highest BCUT2D eigenvalue weighted by Gasteiger charge is 2.28. The Hall–Kier alpha value is 0.110. The van der Waals surface area contributed by atoms with E-state index in [9.17, 15) is 4.79 Å². The first-order valence-electron chi connectivity index (χ1n) is 6.33. The maximum absolute atomic E-state index is 12.0. The van der Waals surface area contributed by atoms with E-state index in [0.717, 1.165) is 25.0 Å². The van der Waals surface area contributed by atoms with Gasteiger partial charge in [-0.1, -0.05) is 19.3 Å². The number of rotatable bonds is 2. The van der Waals surface area contributed by atoms with E-state index in [1.807, 2.05) is 0 Å². The van der Waals surface area contributed by atoms with Crippen molar-refractivity contribution in [2.75, 3.05) is 5.75 Å². The second-order valence-electron chi connectivity index (χ2n) is 4.77. The Morgan fingerprint density at radius 1 is 1.12 bits per heavy atom. The van der Waals surface area contributed by atoms with Gasteiger partial charge in [0, 0.05) is 6.04 Å². The summed E-state index contributed by atoms with van der Waals surface area (Å²) in [5, 5.41) is 3.48. The molecule has 0 spiro atoms. The molecule has 3 unspecified atom stereocenters. The molecule has 2 aliphatic rings. The molecule has 1 amide bonds. The molecule has 0 radical (unpaired) electrons. The third-order valence-corrected chi connectivity index (χ3v) is 5.38. The fourth-order valence-electron chi connectivity index (χ4n) is 2.49. The van der Waals surface area contributed by atoms with Crippen molar-refractivity contribution in [3.05, 3.63) is 0 Å². The van der Waals surface area contributed by atoms with Crippen LogP contribution in [0.3, 0.4) is 0 Å². The maximum atomic E-state index is 12.0. The predicted octanol–water partition coefficient (Wildman–Crippen LogP) is 2.94. The number of halogens is 1. The minimum absolute atomic E-state index is 0.137. The molecule has 3 atom stereocenters. The molecule has 2 nitrogen and oxygen atoms in total. The van der Waals surface area contributed by atoms with Crippen LogP contribution in [0.25, 0.3) is 0 Å². The molecule has 0 aromatic carbocycles. The molecule has 0 bridgehead atoms. The van der Waals surface area contributed by atoms with E-state index in [2.05, 4.69) is 5.32 Å². The van der Waals surface area contributed by atoms with E-state index < -0.39 is 0 Å². The summed E-state index contributed by atoms with van der Waals surface area (Å²) in [5.74, 6) is 1.35. The van der Waals surface area contributed by atoms with Crippen molar-refractivity contribution >= 4 is 29.3 Å². The van der Waals surface area contributed by atoms with Gasteiger partial charge in [0.05, 0.1) is 10.6 Å². The number of hydrogen-bond acceptors (Lipinski definition) is 2. The van der Waals surface area contributed by atoms with Crippen LogP contribution >= 0.6 is 23.4 Å². The van der Waals surface area contributed by atoms with E-state index >= 15 is 0 Å². The molecule has 1 aliphatic heterocycles. The van der Waals surface area contributed by atoms with E-state index in [1.54, 1.807) is 11.8 Å². The predicted molar refractivity (Wildman–Crippen MR) is 70.1 cm³/mol. The van der Waals surface area contributed by atoms with E-state index in [4.69, 9.17) is 11.6 Å². The van der Waals surface area contributed by atoms with E-state index in [-0.39, 0.29) is 22.6 Å². The van der Waals surface area contributed by atoms with Gasteiger partial charge in [0.2, 0.25) is 5.91 Å². The zero-order valence-corrected chi connectivity index (χ0v) is 11.2. The van der Waals surface area contributed by atoms with E-state index in [1.165, 1.54) is 25.7 Å². The highest BCUT2D eigenvalue weighted by atomic mass is 35.5. The van der Waals surface area contributed by atoms with Crippen LogP contribution in [0.4, 0.5) is 0 Å². The summed E-state index contributed by atoms with van der Waals surface area (Å²) in [6.07, 6.45) is 7.98. The SMILES string of the molecule is O=C(NC1CCCCCC1Cl)C1CCCS1. The Labute approximate surface area is 107 Å². The van der Waals surface area contributed by atoms with Gasteiger partial charge in [-0.2, -0.15) is 0 Å². The molecular formula is C12H20ClNOS. The van der Waals surface area contributed by atoms with Gasteiger partial charge in [-0.05, 0) is 31.4 Å². The fraction of sp³-hybridized carbons (Fsp3) is 0.917.